The average molecular weight is 322 g/mol. The van der Waals surface area contributed by atoms with Crippen molar-refractivity contribution in [2.24, 2.45) is 0 Å². The highest BCUT2D eigenvalue weighted by atomic mass is 35.5. The number of carboxylic acid groups (broad SMARTS) is 1. The van der Waals surface area contributed by atoms with Crippen LogP contribution in [0.1, 0.15) is 25.0 Å². The Balaban J connectivity index is 2.64. The van der Waals surface area contributed by atoms with Gasteiger partial charge in [-0.1, -0.05) is 31.5 Å². The van der Waals surface area contributed by atoms with Crippen LogP contribution in [0.5, 0.6) is 0 Å². The molecule has 0 radical (unpaired) electrons. The Morgan fingerprint density at radius 1 is 1.18 bits per heavy atom. The molecule has 116 valence electrons. The van der Waals surface area contributed by atoms with Gasteiger partial charge in [-0.2, -0.15) is 0 Å². The number of hydrogen-bond donors (Lipinski definition) is 2. The van der Waals surface area contributed by atoms with Gasteiger partial charge in [0, 0.05) is 5.56 Å². The summed E-state index contributed by atoms with van der Waals surface area (Å²) in [7, 11) is 0. The van der Waals surface area contributed by atoms with Crippen LogP contribution >= 0.6 is 11.6 Å². The monoisotopic (exact) mass is 321 g/mol. The molecule has 22 heavy (non-hydrogen) atoms. The van der Waals surface area contributed by atoms with E-state index in [1.54, 1.807) is 6.07 Å². The molecule has 0 bridgehead atoms. The topological polar surface area (TPSA) is 49.3 Å². The fraction of sp³-hybridized carbons (Fsp3) is 0.235. The lowest BCUT2D eigenvalue weighted by molar-refractivity contribution is 0.210. The number of nitrogens with one attached hydrogen (secondary N) is 1. The summed E-state index contributed by atoms with van der Waals surface area (Å²) in [6.45, 7) is 4.06. The lowest BCUT2D eigenvalue weighted by Crippen LogP contribution is -2.09. The summed E-state index contributed by atoms with van der Waals surface area (Å²) in [6.07, 6.45) is 0.501. The zero-order chi connectivity index (χ0) is 16.3. The van der Waals surface area contributed by atoms with Crippen LogP contribution in [0.2, 0.25) is 5.02 Å². The van der Waals surface area contributed by atoms with E-state index in [1.807, 2.05) is 26.0 Å². The highest BCUT2D eigenvalue weighted by Gasteiger charge is 2.13. The molecule has 0 fully saturated rings. The molecular weight excluding hydrogens is 305 g/mol. The third kappa shape index (κ3) is 3.39. The first-order valence-corrected chi connectivity index (χ1v) is 7.45. The molecule has 0 unspecified atom stereocenters. The predicted octanol–water partition coefficient (Wildman–Crippen LogP) is 5.36. The van der Waals surface area contributed by atoms with Gasteiger partial charge in [-0.05, 0) is 53.8 Å². The molecule has 0 aromatic heterocycles. The summed E-state index contributed by atoms with van der Waals surface area (Å²) in [5.74, 6) is -0.501. The fourth-order valence-corrected chi connectivity index (χ4v) is 2.65. The number of hydrogen-bond acceptors (Lipinski definition) is 1. The van der Waals surface area contributed by atoms with E-state index in [0.717, 1.165) is 24.0 Å². The zero-order valence-corrected chi connectivity index (χ0v) is 13.2. The van der Waals surface area contributed by atoms with E-state index in [4.69, 9.17) is 16.7 Å². The maximum atomic E-state index is 13.3. The van der Waals surface area contributed by atoms with Gasteiger partial charge in [0.15, 0.2) is 0 Å². The van der Waals surface area contributed by atoms with Crippen LogP contribution in [-0.2, 0) is 12.8 Å². The second-order valence-electron chi connectivity index (χ2n) is 4.93. The fourth-order valence-electron chi connectivity index (χ4n) is 2.47. The molecule has 2 aromatic carbocycles. The molecule has 3 nitrogen and oxygen atoms in total. The second kappa shape index (κ2) is 6.79. The van der Waals surface area contributed by atoms with Gasteiger partial charge in [0.25, 0.3) is 0 Å². The maximum absolute atomic E-state index is 13.3. The van der Waals surface area contributed by atoms with Gasteiger partial charge in [-0.25, -0.2) is 9.18 Å². The van der Waals surface area contributed by atoms with Crippen LogP contribution in [0.4, 0.5) is 14.9 Å². The highest BCUT2D eigenvalue weighted by molar-refractivity contribution is 6.31. The lowest BCUT2D eigenvalue weighted by atomic mass is 9.94. The van der Waals surface area contributed by atoms with Crippen LogP contribution in [0, 0.1) is 5.82 Å². The molecule has 0 saturated heterocycles. The number of aryl methyl sites for hydroxylation is 2. The lowest BCUT2D eigenvalue weighted by Gasteiger charge is -2.15. The first kappa shape index (κ1) is 16.3. The number of carbonyl (C=O) groups is 1. The minimum Gasteiger partial charge on any atom is -0.465 e. The normalized spacial score (nSPS) is 10.5. The van der Waals surface area contributed by atoms with Crippen molar-refractivity contribution < 1.29 is 14.3 Å². The van der Waals surface area contributed by atoms with E-state index in [0.29, 0.717) is 16.8 Å². The van der Waals surface area contributed by atoms with Crippen molar-refractivity contribution in [1.29, 1.82) is 0 Å². The summed E-state index contributed by atoms with van der Waals surface area (Å²) < 4.78 is 13.3. The van der Waals surface area contributed by atoms with Crippen molar-refractivity contribution >= 4 is 23.4 Å². The van der Waals surface area contributed by atoms with E-state index in [9.17, 15) is 9.18 Å². The van der Waals surface area contributed by atoms with Gasteiger partial charge in [-0.15, -0.1) is 0 Å². The number of amides is 1. The van der Waals surface area contributed by atoms with Gasteiger partial charge in [0.1, 0.15) is 5.82 Å². The summed E-state index contributed by atoms with van der Waals surface area (Å²) in [4.78, 5) is 11.0. The van der Waals surface area contributed by atoms with Crippen molar-refractivity contribution in [2.45, 2.75) is 26.7 Å². The van der Waals surface area contributed by atoms with Crippen LogP contribution in [-0.4, -0.2) is 11.2 Å². The molecule has 0 aliphatic rings. The third-order valence-electron chi connectivity index (χ3n) is 3.57. The van der Waals surface area contributed by atoms with Crippen molar-refractivity contribution in [3.8, 4) is 11.1 Å². The zero-order valence-electron chi connectivity index (χ0n) is 12.4. The smallest absolute Gasteiger partial charge is 0.409 e. The van der Waals surface area contributed by atoms with Gasteiger partial charge in [-0.3, -0.25) is 5.32 Å². The molecule has 2 N–H and O–H groups in total. The predicted molar refractivity (Wildman–Crippen MR) is 87.2 cm³/mol. The van der Waals surface area contributed by atoms with Crippen LogP contribution < -0.4 is 5.32 Å². The Morgan fingerprint density at radius 2 is 1.82 bits per heavy atom. The molecule has 1 amide bonds. The van der Waals surface area contributed by atoms with Crippen molar-refractivity contribution in [1.82, 2.24) is 0 Å². The van der Waals surface area contributed by atoms with E-state index in [-0.39, 0.29) is 5.02 Å². The van der Waals surface area contributed by atoms with E-state index < -0.39 is 11.9 Å². The number of benzene rings is 2. The molecule has 2 rings (SSSR count). The molecule has 2 aromatic rings. The molecule has 0 heterocycles. The van der Waals surface area contributed by atoms with E-state index in [1.165, 1.54) is 12.1 Å². The summed E-state index contributed by atoms with van der Waals surface area (Å²) >= 11 is 5.84. The van der Waals surface area contributed by atoms with Gasteiger partial charge >= 0.3 is 6.09 Å². The molecule has 0 atom stereocenters. The molecule has 5 heteroatoms. The Bertz CT molecular complexity index is 716. The standard InChI is InChI=1S/C17H17ClFNO2/c1-3-10-7-13(12-5-6-15(19)14(18)8-12)16(20-17(21)22)9-11(10)4-2/h5-9,20H,3-4H2,1-2H3,(H,21,22). The Morgan fingerprint density at radius 3 is 2.36 bits per heavy atom. The van der Waals surface area contributed by atoms with Crippen molar-refractivity contribution in [3.05, 3.63) is 52.3 Å². The van der Waals surface area contributed by atoms with Crippen molar-refractivity contribution in [2.75, 3.05) is 5.32 Å². The summed E-state index contributed by atoms with van der Waals surface area (Å²) in [6, 6.07) is 8.15. The van der Waals surface area contributed by atoms with Crippen LogP contribution in [0.15, 0.2) is 30.3 Å². The summed E-state index contributed by atoms with van der Waals surface area (Å²) in [5.41, 5.74) is 4.06. The highest BCUT2D eigenvalue weighted by Crippen LogP contribution is 2.33. The van der Waals surface area contributed by atoms with Crippen LogP contribution in [0.3, 0.4) is 0 Å². The van der Waals surface area contributed by atoms with E-state index >= 15 is 0 Å². The number of anilines is 1. The van der Waals surface area contributed by atoms with Gasteiger partial charge in [0.05, 0.1) is 10.7 Å². The number of halogens is 2. The minimum atomic E-state index is -1.14. The van der Waals surface area contributed by atoms with Crippen LogP contribution in [0.25, 0.3) is 11.1 Å². The molecule has 0 spiro atoms. The summed E-state index contributed by atoms with van der Waals surface area (Å²) in [5, 5.41) is 11.5. The third-order valence-corrected chi connectivity index (χ3v) is 3.86. The molecule has 0 aliphatic heterocycles. The Hall–Kier alpha value is -2.07. The van der Waals surface area contributed by atoms with Crippen molar-refractivity contribution in [3.63, 3.8) is 0 Å². The Kier molecular flexibility index (Phi) is 5.03. The molecule has 0 aliphatic carbocycles. The maximum Gasteiger partial charge on any atom is 0.409 e. The number of rotatable bonds is 4. The molecule has 0 saturated carbocycles. The van der Waals surface area contributed by atoms with Gasteiger partial charge in [0.2, 0.25) is 0 Å². The quantitative estimate of drug-likeness (QED) is 0.796. The minimum absolute atomic E-state index is 0.0105. The Labute approximate surface area is 133 Å². The largest absolute Gasteiger partial charge is 0.465 e. The molecular formula is C17H17ClFNO2. The van der Waals surface area contributed by atoms with Gasteiger partial charge < -0.3 is 5.11 Å². The van der Waals surface area contributed by atoms with E-state index in [2.05, 4.69) is 5.32 Å². The average Bonchev–Trinajstić information content (AvgIpc) is 2.49. The first-order chi connectivity index (χ1) is 10.5. The SMILES string of the molecule is CCc1cc(NC(=O)O)c(-c2ccc(F)c(Cl)c2)cc1CC. The second-order valence-corrected chi connectivity index (χ2v) is 5.34. The first-order valence-electron chi connectivity index (χ1n) is 7.07.